The molecule has 3 rings (SSSR count). The van der Waals surface area contributed by atoms with Gasteiger partial charge in [0, 0.05) is 37.4 Å². The van der Waals surface area contributed by atoms with Crippen molar-refractivity contribution >= 4 is 5.95 Å². The van der Waals surface area contributed by atoms with Crippen molar-refractivity contribution in [2.24, 2.45) is 5.41 Å². The number of anilines is 1. The quantitative estimate of drug-likeness (QED) is 0.730. The molecule has 0 saturated carbocycles. The van der Waals surface area contributed by atoms with E-state index in [1.165, 1.54) is 19.4 Å². The van der Waals surface area contributed by atoms with Crippen LogP contribution < -0.4 is 10.2 Å². The molecule has 0 bridgehead atoms. The highest BCUT2D eigenvalue weighted by Gasteiger charge is 2.40. The van der Waals surface area contributed by atoms with Crippen LogP contribution in [0.5, 0.6) is 0 Å². The van der Waals surface area contributed by atoms with Crippen molar-refractivity contribution in [2.75, 3.05) is 31.1 Å². The Balaban J connectivity index is 1.76. The summed E-state index contributed by atoms with van der Waals surface area (Å²) in [6.45, 7) is 4.55. The molecule has 0 amide bonds. The number of nitrogens with one attached hydrogen (secondary N) is 1. The lowest BCUT2D eigenvalue weighted by Crippen LogP contribution is -2.29. The highest BCUT2D eigenvalue weighted by atomic mass is 15.3. The second kappa shape index (κ2) is 3.45. The van der Waals surface area contributed by atoms with Gasteiger partial charge in [0.1, 0.15) is 0 Å². The first-order chi connectivity index (χ1) is 7.38. The summed E-state index contributed by atoms with van der Waals surface area (Å²) in [5.41, 5.74) is 0.499. The summed E-state index contributed by atoms with van der Waals surface area (Å²) in [6.07, 6.45) is 6.22. The van der Waals surface area contributed by atoms with Crippen LogP contribution in [0, 0.1) is 5.41 Å². The van der Waals surface area contributed by atoms with Gasteiger partial charge in [0.15, 0.2) is 0 Å². The van der Waals surface area contributed by atoms with Gasteiger partial charge in [-0.25, -0.2) is 9.97 Å². The summed E-state index contributed by atoms with van der Waals surface area (Å²) in [4.78, 5) is 10.9. The maximum Gasteiger partial charge on any atom is 0.225 e. The predicted octanol–water partition coefficient (Wildman–Crippen LogP) is 0.666. The van der Waals surface area contributed by atoms with Gasteiger partial charge in [-0.1, -0.05) is 0 Å². The van der Waals surface area contributed by atoms with Gasteiger partial charge in [-0.2, -0.15) is 0 Å². The summed E-state index contributed by atoms with van der Waals surface area (Å²) in [6, 6.07) is 1.87. The minimum absolute atomic E-state index is 0.499. The van der Waals surface area contributed by atoms with E-state index < -0.39 is 0 Å². The summed E-state index contributed by atoms with van der Waals surface area (Å²) < 4.78 is 0. The zero-order chi connectivity index (χ0) is 10.1. The van der Waals surface area contributed by atoms with Crippen LogP contribution in [0.2, 0.25) is 0 Å². The van der Waals surface area contributed by atoms with Gasteiger partial charge in [-0.15, -0.1) is 0 Å². The average Bonchev–Trinajstić information content (AvgIpc) is 2.91. The Morgan fingerprint density at radius 3 is 2.87 bits per heavy atom. The van der Waals surface area contributed by atoms with Crippen LogP contribution in [0.3, 0.4) is 0 Å². The van der Waals surface area contributed by atoms with Crippen molar-refractivity contribution in [3.05, 3.63) is 18.5 Å². The molecular weight excluding hydrogens is 188 g/mol. The lowest BCUT2D eigenvalue weighted by atomic mass is 9.87. The minimum atomic E-state index is 0.499. The summed E-state index contributed by atoms with van der Waals surface area (Å²) in [5, 5.41) is 3.46. The van der Waals surface area contributed by atoms with Crippen LogP contribution >= 0.6 is 0 Å². The van der Waals surface area contributed by atoms with E-state index in [0.29, 0.717) is 5.41 Å². The topological polar surface area (TPSA) is 41.1 Å². The Kier molecular flexibility index (Phi) is 2.09. The Morgan fingerprint density at radius 1 is 1.27 bits per heavy atom. The number of rotatable bonds is 1. The average molecular weight is 204 g/mol. The normalized spacial score (nSPS) is 30.3. The maximum absolute atomic E-state index is 4.31. The van der Waals surface area contributed by atoms with Gasteiger partial charge < -0.3 is 10.2 Å². The molecule has 1 N–H and O–H groups in total. The fraction of sp³-hybridized carbons (Fsp3) is 0.636. The molecule has 1 aromatic heterocycles. The smallest absolute Gasteiger partial charge is 0.225 e. The SMILES string of the molecule is c1cnc(N2CCC3(CCNC3)C2)nc1. The fourth-order valence-electron chi connectivity index (χ4n) is 2.70. The monoisotopic (exact) mass is 204 g/mol. The van der Waals surface area contributed by atoms with Crippen molar-refractivity contribution in [1.29, 1.82) is 0 Å². The van der Waals surface area contributed by atoms with Crippen molar-refractivity contribution in [3.8, 4) is 0 Å². The second-order valence-electron chi connectivity index (χ2n) is 4.65. The van der Waals surface area contributed by atoms with Crippen molar-refractivity contribution in [3.63, 3.8) is 0 Å². The van der Waals surface area contributed by atoms with Crippen molar-refractivity contribution < 1.29 is 0 Å². The second-order valence-corrected chi connectivity index (χ2v) is 4.65. The van der Waals surface area contributed by atoms with E-state index in [-0.39, 0.29) is 0 Å². The largest absolute Gasteiger partial charge is 0.340 e. The van der Waals surface area contributed by atoms with Gasteiger partial charge in [0.2, 0.25) is 5.95 Å². The standard InChI is InChI=1S/C11H16N4/c1-4-13-10(14-5-1)15-7-3-11(9-15)2-6-12-8-11/h1,4-5,12H,2-3,6-9H2. The Morgan fingerprint density at radius 2 is 2.13 bits per heavy atom. The molecule has 1 atom stereocenters. The molecule has 80 valence electrons. The van der Waals surface area contributed by atoms with Crippen LogP contribution in [-0.4, -0.2) is 36.1 Å². The van der Waals surface area contributed by atoms with Gasteiger partial charge >= 0.3 is 0 Å². The molecule has 2 aliphatic rings. The first kappa shape index (κ1) is 9.09. The van der Waals surface area contributed by atoms with Gasteiger partial charge in [0.25, 0.3) is 0 Å². The lowest BCUT2D eigenvalue weighted by molar-refractivity contribution is 0.369. The van der Waals surface area contributed by atoms with Crippen LogP contribution in [0.1, 0.15) is 12.8 Å². The molecule has 0 aliphatic carbocycles. The zero-order valence-corrected chi connectivity index (χ0v) is 8.82. The number of nitrogens with zero attached hydrogens (tertiary/aromatic N) is 3. The molecule has 2 aliphatic heterocycles. The van der Waals surface area contributed by atoms with Crippen molar-refractivity contribution in [1.82, 2.24) is 15.3 Å². The van der Waals surface area contributed by atoms with Crippen molar-refractivity contribution in [2.45, 2.75) is 12.8 Å². The van der Waals surface area contributed by atoms with Crippen LogP contribution in [0.15, 0.2) is 18.5 Å². The first-order valence-corrected chi connectivity index (χ1v) is 5.61. The van der Waals surface area contributed by atoms with Gasteiger partial charge in [-0.3, -0.25) is 0 Å². The highest BCUT2D eigenvalue weighted by molar-refractivity contribution is 5.32. The van der Waals surface area contributed by atoms with Crippen LogP contribution in [-0.2, 0) is 0 Å². The lowest BCUT2D eigenvalue weighted by Gasteiger charge is -2.22. The molecule has 1 aromatic rings. The number of hydrogen-bond acceptors (Lipinski definition) is 4. The van der Waals surface area contributed by atoms with E-state index in [9.17, 15) is 0 Å². The molecule has 0 aromatic carbocycles. The van der Waals surface area contributed by atoms with Crippen LogP contribution in [0.25, 0.3) is 0 Å². The molecule has 3 heterocycles. The molecule has 2 saturated heterocycles. The molecule has 0 radical (unpaired) electrons. The maximum atomic E-state index is 4.31. The van der Waals surface area contributed by atoms with E-state index in [1.54, 1.807) is 0 Å². The Labute approximate surface area is 89.7 Å². The molecule has 4 heteroatoms. The first-order valence-electron chi connectivity index (χ1n) is 5.61. The summed E-state index contributed by atoms with van der Waals surface area (Å²) in [7, 11) is 0. The van der Waals surface area contributed by atoms with E-state index in [1.807, 2.05) is 18.5 Å². The fourth-order valence-corrected chi connectivity index (χ4v) is 2.70. The summed E-state index contributed by atoms with van der Waals surface area (Å²) >= 11 is 0. The molecular formula is C11H16N4. The Bertz CT molecular complexity index is 332. The zero-order valence-electron chi connectivity index (χ0n) is 8.82. The molecule has 1 unspecified atom stereocenters. The third-order valence-electron chi connectivity index (χ3n) is 3.61. The van der Waals surface area contributed by atoms with E-state index >= 15 is 0 Å². The van der Waals surface area contributed by atoms with Gasteiger partial charge in [0.05, 0.1) is 0 Å². The molecule has 1 spiro atoms. The minimum Gasteiger partial charge on any atom is -0.340 e. The predicted molar refractivity (Wildman–Crippen MR) is 58.8 cm³/mol. The highest BCUT2D eigenvalue weighted by Crippen LogP contribution is 2.36. The molecule has 2 fully saturated rings. The molecule has 15 heavy (non-hydrogen) atoms. The summed E-state index contributed by atoms with van der Waals surface area (Å²) in [5.74, 6) is 0.890. The number of aromatic nitrogens is 2. The number of hydrogen-bond donors (Lipinski definition) is 1. The third-order valence-corrected chi connectivity index (χ3v) is 3.61. The van der Waals surface area contributed by atoms with E-state index in [4.69, 9.17) is 0 Å². The molecule has 4 nitrogen and oxygen atoms in total. The third kappa shape index (κ3) is 1.59. The van der Waals surface area contributed by atoms with E-state index in [2.05, 4.69) is 20.2 Å². The Hall–Kier alpha value is -1.16. The van der Waals surface area contributed by atoms with E-state index in [0.717, 1.165) is 25.6 Å². The van der Waals surface area contributed by atoms with Gasteiger partial charge in [-0.05, 0) is 25.5 Å². The van der Waals surface area contributed by atoms with Crippen LogP contribution in [0.4, 0.5) is 5.95 Å².